The topological polar surface area (TPSA) is 47.0 Å². The van der Waals surface area contributed by atoms with Gasteiger partial charge in [0.05, 0.1) is 12.5 Å². The molecule has 0 unspecified atom stereocenters. The molecule has 0 spiro atoms. The van der Waals surface area contributed by atoms with E-state index in [4.69, 9.17) is 4.74 Å². The Labute approximate surface area is 125 Å². The van der Waals surface area contributed by atoms with E-state index in [1.807, 2.05) is 14.0 Å². The van der Waals surface area contributed by atoms with Crippen molar-refractivity contribution < 1.29 is 9.13 Å². The molecule has 0 bridgehead atoms. The summed E-state index contributed by atoms with van der Waals surface area (Å²) in [5, 5.41) is 4.08. The predicted molar refractivity (Wildman–Crippen MR) is 83.6 cm³/mol. The van der Waals surface area contributed by atoms with E-state index in [-0.39, 0.29) is 5.75 Å². The lowest BCUT2D eigenvalue weighted by Crippen LogP contribution is -1.98. The van der Waals surface area contributed by atoms with Gasteiger partial charge < -0.3 is 10.1 Å². The van der Waals surface area contributed by atoms with Crippen molar-refractivity contribution in [2.45, 2.75) is 6.92 Å². The Hall–Kier alpha value is -2.21. The molecular formula is C15H14FN3OS. The second-order valence-corrected chi connectivity index (χ2v) is 5.81. The number of benzene rings is 1. The number of thiophene rings is 1. The van der Waals surface area contributed by atoms with Crippen LogP contribution in [-0.2, 0) is 0 Å². The van der Waals surface area contributed by atoms with Crippen molar-refractivity contribution in [3.8, 4) is 17.1 Å². The van der Waals surface area contributed by atoms with E-state index in [1.165, 1.54) is 18.1 Å². The van der Waals surface area contributed by atoms with Crippen molar-refractivity contribution in [2.75, 3.05) is 19.5 Å². The van der Waals surface area contributed by atoms with Crippen molar-refractivity contribution in [2.24, 2.45) is 0 Å². The molecule has 21 heavy (non-hydrogen) atoms. The van der Waals surface area contributed by atoms with Crippen LogP contribution in [0, 0.1) is 12.7 Å². The number of methoxy groups -OCH3 is 1. The van der Waals surface area contributed by atoms with Crippen LogP contribution in [0.3, 0.4) is 0 Å². The summed E-state index contributed by atoms with van der Waals surface area (Å²) in [7, 11) is 3.26. The van der Waals surface area contributed by atoms with Gasteiger partial charge in [-0.3, -0.25) is 0 Å². The van der Waals surface area contributed by atoms with Gasteiger partial charge in [0.1, 0.15) is 10.6 Å². The van der Waals surface area contributed by atoms with Crippen molar-refractivity contribution in [3.05, 3.63) is 35.0 Å². The highest BCUT2D eigenvalue weighted by molar-refractivity contribution is 7.18. The van der Waals surface area contributed by atoms with E-state index in [2.05, 4.69) is 21.4 Å². The van der Waals surface area contributed by atoms with Gasteiger partial charge in [0, 0.05) is 17.5 Å². The third-order valence-electron chi connectivity index (χ3n) is 3.16. The first-order valence-corrected chi connectivity index (χ1v) is 7.24. The summed E-state index contributed by atoms with van der Waals surface area (Å²) < 4.78 is 18.5. The van der Waals surface area contributed by atoms with Gasteiger partial charge >= 0.3 is 0 Å². The summed E-state index contributed by atoms with van der Waals surface area (Å²) >= 11 is 1.61. The summed E-state index contributed by atoms with van der Waals surface area (Å²) in [6.45, 7) is 2.03. The molecule has 0 aliphatic heterocycles. The zero-order chi connectivity index (χ0) is 15.0. The molecule has 0 atom stereocenters. The second kappa shape index (κ2) is 5.29. The number of aromatic nitrogens is 2. The molecule has 3 aromatic rings. The number of rotatable bonds is 3. The van der Waals surface area contributed by atoms with Crippen LogP contribution in [0.15, 0.2) is 24.3 Å². The first kappa shape index (κ1) is 13.8. The van der Waals surface area contributed by atoms with E-state index in [1.54, 1.807) is 23.5 Å². The highest BCUT2D eigenvalue weighted by Crippen LogP contribution is 2.32. The van der Waals surface area contributed by atoms with Crippen LogP contribution in [0.2, 0.25) is 0 Å². The Bertz CT molecular complexity index is 816. The van der Waals surface area contributed by atoms with Gasteiger partial charge in [-0.2, -0.15) is 0 Å². The highest BCUT2D eigenvalue weighted by Gasteiger charge is 2.13. The molecule has 2 heterocycles. The molecule has 6 heteroatoms. The van der Waals surface area contributed by atoms with Crippen molar-refractivity contribution in [1.82, 2.24) is 9.97 Å². The molecule has 3 rings (SSSR count). The van der Waals surface area contributed by atoms with E-state index >= 15 is 0 Å². The predicted octanol–water partition coefficient (Wildman–Crippen LogP) is 3.86. The number of hydrogen-bond acceptors (Lipinski definition) is 5. The number of aryl methyl sites for hydroxylation is 1. The maximum atomic E-state index is 13.5. The molecule has 0 saturated heterocycles. The molecular weight excluding hydrogens is 289 g/mol. The maximum Gasteiger partial charge on any atom is 0.165 e. The summed E-state index contributed by atoms with van der Waals surface area (Å²) in [5.74, 6) is 1.10. The number of hydrogen-bond donors (Lipinski definition) is 1. The highest BCUT2D eigenvalue weighted by atomic mass is 32.1. The molecule has 0 aliphatic carbocycles. The number of anilines is 1. The normalized spacial score (nSPS) is 10.9. The summed E-state index contributed by atoms with van der Waals surface area (Å²) in [6, 6.07) is 6.68. The Morgan fingerprint density at radius 2 is 2.05 bits per heavy atom. The van der Waals surface area contributed by atoms with Crippen LogP contribution >= 0.6 is 11.3 Å². The van der Waals surface area contributed by atoms with Crippen LogP contribution in [0.4, 0.5) is 10.2 Å². The molecule has 1 aromatic carbocycles. The molecule has 0 fully saturated rings. The summed E-state index contributed by atoms with van der Waals surface area (Å²) in [6.07, 6.45) is 0. The van der Waals surface area contributed by atoms with Gasteiger partial charge in [-0.1, -0.05) is 0 Å². The Morgan fingerprint density at radius 3 is 2.76 bits per heavy atom. The molecule has 0 aliphatic rings. The third-order valence-corrected chi connectivity index (χ3v) is 4.11. The van der Waals surface area contributed by atoms with E-state index in [9.17, 15) is 4.39 Å². The quantitative estimate of drug-likeness (QED) is 0.798. The number of nitrogens with one attached hydrogen (secondary N) is 1. The van der Waals surface area contributed by atoms with Crippen LogP contribution in [-0.4, -0.2) is 24.1 Å². The number of ether oxygens (including phenoxy) is 1. The van der Waals surface area contributed by atoms with Gasteiger partial charge in [-0.15, -0.1) is 11.3 Å². The van der Waals surface area contributed by atoms with E-state index < -0.39 is 5.82 Å². The van der Waals surface area contributed by atoms with Crippen molar-refractivity contribution >= 4 is 27.4 Å². The van der Waals surface area contributed by atoms with Gasteiger partial charge in [0.2, 0.25) is 0 Å². The molecule has 108 valence electrons. The van der Waals surface area contributed by atoms with Gasteiger partial charge in [0.15, 0.2) is 17.4 Å². The van der Waals surface area contributed by atoms with E-state index in [0.717, 1.165) is 21.6 Å². The fraction of sp³-hybridized carbons (Fsp3) is 0.200. The van der Waals surface area contributed by atoms with Crippen molar-refractivity contribution in [3.63, 3.8) is 0 Å². The fourth-order valence-electron chi connectivity index (χ4n) is 2.16. The Kier molecular flexibility index (Phi) is 3.47. The third kappa shape index (κ3) is 2.42. The zero-order valence-corrected chi connectivity index (χ0v) is 12.7. The molecule has 0 saturated carbocycles. The fourth-order valence-corrected chi connectivity index (χ4v) is 3.04. The lowest BCUT2D eigenvalue weighted by molar-refractivity contribution is 0.387. The van der Waals surface area contributed by atoms with Crippen LogP contribution in [0.5, 0.6) is 5.75 Å². The summed E-state index contributed by atoms with van der Waals surface area (Å²) in [4.78, 5) is 11.2. The van der Waals surface area contributed by atoms with Crippen molar-refractivity contribution in [1.29, 1.82) is 0 Å². The Morgan fingerprint density at radius 1 is 1.24 bits per heavy atom. The van der Waals surface area contributed by atoms with Gasteiger partial charge in [-0.25, -0.2) is 14.4 Å². The number of halogens is 1. The Balaban J connectivity index is 2.20. The largest absolute Gasteiger partial charge is 0.494 e. The minimum absolute atomic E-state index is 0.185. The standard InChI is InChI=1S/C15H14FN3OS/c1-8-6-10-14(17-2)18-13(19-15(10)21-8)9-4-5-11(16)12(7-9)20-3/h4-7H,1-3H3,(H,17,18,19). The molecule has 1 N–H and O–H groups in total. The smallest absolute Gasteiger partial charge is 0.165 e. The SMILES string of the molecule is CNc1nc(-c2ccc(F)c(OC)c2)nc2sc(C)cc12. The average Bonchev–Trinajstić information content (AvgIpc) is 2.86. The monoisotopic (exact) mass is 303 g/mol. The second-order valence-electron chi connectivity index (χ2n) is 4.57. The maximum absolute atomic E-state index is 13.5. The summed E-state index contributed by atoms with van der Waals surface area (Å²) in [5.41, 5.74) is 0.720. The molecule has 0 radical (unpaired) electrons. The van der Waals surface area contributed by atoms with Crippen LogP contribution in [0.1, 0.15) is 4.88 Å². The van der Waals surface area contributed by atoms with Crippen LogP contribution < -0.4 is 10.1 Å². The lowest BCUT2D eigenvalue weighted by atomic mass is 10.2. The zero-order valence-electron chi connectivity index (χ0n) is 11.9. The first-order chi connectivity index (χ1) is 10.1. The van der Waals surface area contributed by atoms with Gasteiger partial charge in [-0.05, 0) is 31.2 Å². The number of fused-ring (bicyclic) bond motifs is 1. The molecule has 4 nitrogen and oxygen atoms in total. The average molecular weight is 303 g/mol. The van der Waals surface area contributed by atoms with Crippen LogP contribution in [0.25, 0.3) is 21.6 Å². The minimum Gasteiger partial charge on any atom is -0.494 e. The minimum atomic E-state index is -0.400. The first-order valence-electron chi connectivity index (χ1n) is 6.42. The molecule has 2 aromatic heterocycles. The molecule has 0 amide bonds. The van der Waals surface area contributed by atoms with E-state index in [0.29, 0.717) is 5.82 Å². The lowest BCUT2D eigenvalue weighted by Gasteiger charge is -2.07. The number of nitrogens with zero attached hydrogens (tertiary/aromatic N) is 2. The van der Waals surface area contributed by atoms with Gasteiger partial charge in [0.25, 0.3) is 0 Å².